The number of pyridine rings is 1. The Kier molecular flexibility index (Phi) is 4.86. The molecule has 4 nitrogen and oxygen atoms in total. The van der Waals surface area contributed by atoms with Crippen LogP contribution in [0.4, 0.5) is 10.5 Å². The molecule has 0 bridgehead atoms. The number of carbonyl (C=O) groups excluding carboxylic acids is 1. The number of benzene rings is 1. The van der Waals surface area contributed by atoms with Gasteiger partial charge < -0.3 is 4.74 Å². The molecule has 0 fully saturated rings. The van der Waals surface area contributed by atoms with Crippen LogP contribution in [0.3, 0.4) is 0 Å². The van der Waals surface area contributed by atoms with Crippen LogP contribution in [-0.4, -0.2) is 23.7 Å². The highest BCUT2D eigenvalue weighted by Crippen LogP contribution is 2.26. The molecule has 5 heteroatoms. The van der Waals surface area contributed by atoms with E-state index in [-0.39, 0.29) is 6.09 Å². The van der Waals surface area contributed by atoms with Gasteiger partial charge >= 0.3 is 6.09 Å². The van der Waals surface area contributed by atoms with Gasteiger partial charge in [-0.05, 0) is 60.5 Å². The fraction of sp³-hybridized carbons (Fsp3) is 0.294. The number of hydrogen-bond acceptors (Lipinski definition) is 3. The van der Waals surface area contributed by atoms with Crippen molar-refractivity contribution < 1.29 is 9.53 Å². The molecule has 2 aromatic rings. The van der Waals surface area contributed by atoms with Crippen molar-refractivity contribution in [3.63, 3.8) is 0 Å². The van der Waals surface area contributed by atoms with Crippen LogP contribution in [0.2, 0.25) is 0 Å². The normalized spacial score (nSPS) is 11.1. The van der Waals surface area contributed by atoms with E-state index in [0.29, 0.717) is 0 Å². The second-order valence-electron chi connectivity index (χ2n) is 5.98. The van der Waals surface area contributed by atoms with Crippen LogP contribution < -0.4 is 4.90 Å². The summed E-state index contributed by atoms with van der Waals surface area (Å²) in [6.07, 6.45) is 3.15. The lowest BCUT2D eigenvalue weighted by Gasteiger charge is -2.25. The number of halogens is 1. The van der Waals surface area contributed by atoms with E-state index in [9.17, 15) is 4.79 Å². The van der Waals surface area contributed by atoms with Gasteiger partial charge in [-0.1, -0.05) is 12.1 Å². The van der Waals surface area contributed by atoms with E-state index < -0.39 is 5.60 Å². The Hall–Kier alpha value is -1.88. The molecule has 0 saturated heterocycles. The Morgan fingerprint density at radius 3 is 2.55 bits per heavy atom. The first-order valence-electron chi connectivity index (χ1n) is 6.94. The SMILES string of the molecule is CN(C(=O)OC(C)(C)C)c1cccc(-c2cncc(Br)c2)c1. The van der Waals surface area contributed by atoms with Crippen molar-refractivity contribution in [1.82, 2.24) is 4.98 Å². The summed E-state index contributed by atoms with van der Waals surface area (Å²) in [6.45, 7) is 5.55. The maximum absolute atomic E-state index is 12.1. The van der Waals surface area contributed by atoms with Crippen molar-refractivity contribution in [1.29, 1.82) is 0 Å². The van der Waals surface area contributed by atoms with E-state index >= 15 is 0 Å². The minimum atomic E-state index is -0.517. The predicted octanol–water partition coefficient (Wildman–Crippen LogP) is 4.88. The molecule has 0 radical (unpaired) electrons. The van der Waals surface area contributed by atoms with Crippen LogP contribution in [0.15, 0.2) is 47.2 Å². The number of carbonyl (C=O) groups is 1. The van der Waals surface area contributed by atoms with E-state index in [4.69, 9.17) is 4.74 Å². The van der Waals surface area contributed by atoms with E-state index in [2.05, 4.69) is 20.9 Å². The molecule has 0 aliphatic rings. The molecule has 0 saturated carbocycles. The molecule has 0 spiro atoms. The summed E-state index contributed by atoms with van der Waals surface area (Å²) in [4.78, 5) is 17.8. The number of aromatic nitrogens is 1. The maximum Gasteiger partial charge on any atom is 0.414 e. The fourth-order valence-electron chi connectivity index (χ4n) is 1.90. The summed E-state index contributed by atoms with van der Waals surface area (Å²) in [5.74, 6) is 0. The highest BCUT2D eigenvalue weighted by Gasteiger charge is 2.20. The smallest absolute Gasteiger partial charge is 0.414 e. The molecule has 1 aromatic heterocycles. The van der Waals surface area contributed by atoms with Crippen LogP contribution in [0.1, 0.15) is 20.8 Å². The third kappa shape index (κ3) is 4.31. The molecule has 1 aromatic carbocycles. The second-order valence-corrected chi connectivity index (χ2v) is 6.90. The number of rotatable bonds is 2. The van der Waals surface area contributed by atoms with Crippen LogP contribution in [0.5, 0.6) is 0 Å². The first kappa shape index (κ1) is 16.5. The molecule has 0 unspecified atom stereocenters. The van der Waals surface area contributed by atoms with Crippen LogP contribution in [0, 0.1) is 0 Å². The first-order chi connectivity index (χ1) is 10.3. The van der Waals surface area contributed by atoms with Gasteiger partial charge in [-0.2, -0.15) is 0 Å². The Balaban J connectivity index is 2.26. The van der Waals surface area contributed by atoms with Gasteiger partial charge in [-0.15, -0.1) is 0 Å². The van der Waals surface area contributed by atoms with Gasteiger partial charge in [0, 0.05) is 35.2 Å². The van der Waals surface area contributed by atoms with Gasteiger partial charge in [0.05, 0.1) is 0 Å². The van der Waals surface area contributed by atoms with Crippen molar-refractivity contribution in [3.8, 4) is 11.1 Å². The standard InChI is InChI=1S/C17H19BrN2O2/c1-17(2,3)22-16(21)20(4)15-7-5-6-12(9-15)13-8-14(18)11-19-10-13/h5-11H,1-4H3. The van der Waals surface area contributed by atoms with Crippen LogP contribution in [0.25, 0.3) is 11.1 Å². The largest absolute Gasteiger partial charge is 0.443 e. The third-order valence-electron chi connectivity index (χ3n) is 2.94. The minimum absolute atomic E-state index is 0.378. The Morgan fingerprint density at radius 1 is 1.18 bits per heavy atom. The molecule has 116 valence electrons. The van der Waals surface area contributed by atoms with Crippen molar-refractivity contribution in [2.24, 2.45) is 0 Å². The minimum Gasteiger partial charge on any atom is -0.443 e. The van der Waals surface area contributed by atoms with E-state index in [1.54, 1.807) is 19.4 Å². The summed E-state index contributed by atoms with van der Waals surface area (Å²) in [6, 6.07) is 9.69. The molecule has 1 amide bonds. The molecule has 2 rings (SSSR count). The first-order valence-corrected chi connectivity index (χ1v) is 7.73. The topological polar surface area (TPSA) is 42.4 Å². The van der Waals surface area contributed by atoms with Gasteiger partial charge in [0.1, 0.15) is 5.60 Å². The van der Waals surface area contributed by atoms with Crippen molar-refractivity contribution in [3.05, 3.63) is 47.2 Å². The molecule has 0 aliphatic carbocycles. The summed E-state index contributed by atoms with van der Waals surface area (Å²) in [5, 5.41) is 0. The zero-order valence-electron chi connectivity index (χ0n) is 13.1. The number of nitrogens with zero attached hydrogens (tertiary/aromatic N) is 2. The second kappa shape index (κ2) is 6.48. The lowest BCUT2D eigenvalue weighted by atomic mass is 10.1. The van der Waals surface area contributed by atoms with Gasteiger partial charge in [0.25, 0.3) is 0 Å². The fourth-order valence-corrected chi connectivity index (χ4v) is 2.26. The number of ether oxygens (including phenoxy) is 1. The summed E-state index contributed by atoms with van der Waals surface area (Å²) < 4.78 is 6.30. The average molecular weight is 363 g/mol. The van der Waals surface area contributed by atoms with Crippen molar-refractivity contribution >= 4 is 27.7 Å². The quantitative estimate of drug-likeness (QED) is 0.764. The van der Waals surface area contributed by atoms with Crippen LogP contribution in [-0.2, 0) is 4.74 Å². The lowest BCUT2D eigenvalue weighted by molar-refractivity contribution is 0.0589. The molecule has 22 heavy (non-hydrogen) atoms. The maximum atomic E-state index is 12.1. The average Bonchev–Trinajstić information content (AvgIpc) is 2.45. The summed E-state index contributed by atoms with van der Waals surface area (Å²) in [7, 11) is 1.70. The summed E-state index contributed by atoms with van der Waals surface area (Å²) >= 11 is 3.42. The highest BCUT2D eigenvalue weighted by atomic mass is 79.9. The Bertz CT molecular complexity index is 680. The zero-order chi connectivity index (χ0) is 16.3. The number of anilines is 1. The van der Waals surface area contributed by atoms with E-state index in [1.807, 2.05) is 51.1 Å². The molecule has 1 heterocycles. The summed E-state index contributed by atoms with van der Waals surface area (Å²) in [5.41, 5.74) is 2.22. The van der Waals surface area contributed by atoms with Gasteiger partial charge in [0.2, 0.25) is 0 Å². The van der Waals surface area contributed by atoms with E-state index in [1.165, 1.54) is 4.90 Å². The van der Waals surface area contributed by atoms with Crippen molar-refractivity contribution in [2.75, 3.05) is 11.9 Å². The highest BCUT2D eigenvalue weighted by molar-refractivity contribution is 9.10. The lowest BCUT2D eigenvalue weighted by Crippen LogP contribution is -2.34. The van der Waals surface area contributed by atoms with Crippen LogP contribution >= 0.6 is 15.9 Å². The van der Waals surface area contributed by atoms with Gasteiger partial charge in [-0.3, -0.25) is 9.88 Å². The molecular weight excluding hydrogens is 344 g/mol. The predicted molar refractivity (Wildman–Crippen MR) is 92.0 cm³/mol. The number of amides is 1. The molecule has 0 aliphatic heterocycles. The number of hydrogen-bond donors (Lipinski definition) is 0. The Labute approximate surface area is 139 Å². The van der Waals surface area contributed by atoms with Gasteiger partial charge in [-0.25, -0.2) is 4.79 Å². The van der Waals surface area contributed by atoms with E-state index in [0.717, 1.165) is 21.3 Å². The van der Waals surface area contributed by atoms with Gasteiger partial charge in [0.15, 0.2) is 0 Å². The molecule has 0 N–H and O–H groups in total. The monoisotopic (exact) mass is 362 g/mol. The third-order valence-corrected chi connectivity index (χ3v) is 3.37. The zero-order valence-corrected chi connectivity index (χ0v) is 14.7. The molecule has 0 atom stereocenters. The van der Waals surface area contributed by atoms with Crippen molar-refractivity contribution in [2.45, 2.75) is 26.4 Å². The molecular formula is C17H19BrN2O2. The Morgan fingerprint density at radius 2 is 1.91 bits per heavy atom.